The number of hydrogen-bond acceptors (Lipinski definition) is 2. The quantitative estimate of drug-likeness (QED) is 0.609. The summed E-state index contributed by atoms with van der Waals surface area (Å²) in [5.74, 6) is -1.25. The zero-order valence-electron chi connectivity index (χ0n) is 10.5. The molecule has 0 heterocycles. The van der Waals surface area contributed by atoms with Gasteiger partial charge in [0.05, 0.1) is 12.2 Å². The Kier molecular flexibility index (Phi) is 6.08. The summed E-state index contributed by atoms with van der Waals surface area (Å²) in [6.45, 7) is 0.946. The molecule has 0 saturated heterocycles. The van der Waals surface area contributed by atoms with Crippen molar-refractivity contribution < 1.29 is 22.3 Å². The predicted octanol–water partition coefficient (Wildman–Crippen LogP) is 3.74. The fourth-order valence-electron chi connectivity index (χ4n) is 1.60. The molecule has 6 heteroatoms. The first kappa shape index (κ1) is 15.8. The van der Waals surface area contributed by atoms with E-state index in [0.29, 0.717) is 19.2 Å². The van der Waals surface area contributed by atoms with E-state index in [0.717, 1.165) is 31.7 Å². The van der Waals surface area contributed by atoms with Gasteiger partial charge in [0.25, 0.3) is 0 Å². The van der Waals surface area contributed by atoms with Crippen LogP contribution in [0.3, 0.4) is 0 Å². The van der Waals surface area contributed by atoms with Gasteiger partial charge in [-0.3, -0.25) is 0 Å². The molecule has 0 aliphatic heterocycles. The molecule has 0 unspecified atom stereocenters. The summed E-state index contributed by atoms with van der Waals surface area (Å²) in [7, 11) is 0. The van der Waals surface area contributed by atoms with Crippen LogP contribution in [0, 0.1) is 5.82 Å². The largest absolute Gasteiger partial charge is 0.494 e. The fourth-order valence-corrected chi connectivity index (χ4v) is 1.60. The minimum Gasteiger partial charge on any atom is -0.494 e. The highest BCUT2D eigenvalue weighted by molar-refractivity contribution is 5.31. The van der Waals surface area contributed by atoms with Crippen LogP contribution in [-0.4, -0.2) is 13.2 Å². The molecule has 0 aliphatic rings. The van der Waals surface area contributed by atoms with E-state index in [1.165, 1.54) is 6.07 Å². The Labute approximate surface area is 109 Å². The zero-order valence-corrected chi connectivity index (χ0v) is 10.5. The van der Waals surface area contributed by atoms with Crippen LogP contribution in [0.1, 0.15) is 31.2 Å². The molecule has 0 aromatic heterocycles. The molecule has 1 rings (SSSR count). The first-order chi connectivity index (χ1) is 8.95. The summed E-state index contributed by atoms with van der Waals surface area (Å²) >= 11 is 0. The maximum Gasteiger partial charge on any atom is 0.419 e. The molecule has 0 amide bonds. The summed E-state index contributed by atoms with van der Waals surface area (Å²) in [5.41, 5.74) is 4.03. The van der Waals surface area contributed by atoms with Gasteiger partial charge in [-0.1, -0.05) is 12.8 Å². The molecular weight excluding hydrogens is 262 g/mol. The first-order valence-electron chi connectivity index (χ1n) is 6.15. The molecule has 0 fully saturated rings. The molecule has 1 aromatic carbocycles. The number of halogens is 4. The monoisotopic (exact) mass is 279 g/mol. The smallest absolute Gasteiger partial charge is 0.419 e. The minimum absolute atomic E-state index is 0.0348. The number of rotatable bonds is 7. The van der Waals surface area contributed by atoms with Crippen molar-refractivity contribution >= 4 is 0 Å². The highest BCUT2D eigenvalue weighted by atomic mass is 19.4. The summed E-state index contributed by atoms with van der Waals surface area (Å²) in [5, 5.41) is 0. The first-order valence-corrected chi connectivity index (χ1v) is 6.15. The van der Waals surface area contributed by atoms with Gasteiger partial charge < -0.3 is 10.5 Å². The topological polar surface area (TPSA) is 35.2 Å². The van der Waals surface area contributed by atoms with Gasteiger partial charge in [0.15, 0.2) is 0 Å². The van der Waals surface area contributed by atoms with Gasteiger partial charge in [0.2, 0.25) is 0 Å². The minimum atomic E-state index is -4.70. The molecule has 2 nitrogen and oxygen atoms in total. The summed E-state index contributed by atoms with van der Waals surface area (Å²) in [6, 6.07) is 2.66. The Morgan fingerprint density at radius 2 is 1.74 bits per heavy atom. The third-order valence-corrected chi connectivity index (χ3v) is 2.61. The number of hydrogen-bond donors (Lipinski definition) is 1. The molecule has 1 aromatic rings. The van der Waals surface area contributed by atoms with E-state index >= 15 is 0 Å². The van der Waals surface area contributed by atoms with Crippen molar-refractivity contribution in [2.45, 2.75) is 31.9 Å². The molecule has 0 aliphatic carbocycles. The van der Waals surface area contributed by atoms with Crippen LogP contribution in [0.25, 0.3) is 0 Å². The molecule has 108 valence electrons. The third kappa shape index (κ3) is 5.46. The molecule has 0 atom stereocenters. The highest BCUT2D eigenvalue weighted by Crippen LogP contribution is 2.33. The van der Waals surface area contributed by atoms with Gasteiger partial charge in [-0.2, -0.15) is 13.2 Å². The van der Waals surface area contributed by atoms with Crippen molar-refractivity contribution in [2.75, 3.05) is 13.2 Å². The average molecular weight is 279 g/mol. The molecule has 2 N–H and O–H groups in total. The summed E-state index contributed by atoms with van der Waals surface area (Å²) in [6.07, 6.45) is -1.17. The van der Waals surface area contributed by atoms with Crippen LogP contribution in [0.4, 0.5) is 17.6 Å². The second-order valence-corrected chi connectivity index (χ2v) is 4.19. The van der Waals surface area contributed by atoms with Gasteiger partial charge >= 0.3 is 6.18 Å². The molecule has 0 bridgehead atoms. The molecule has 19 heavy (non-hydrogen) atoms. The number of ether oxygens (including phenoxy) is 1. The van der Waals surface area contributed by atoms with Crippen LogP contribution in [0.15, 0.2) is 18.2 Å². The molecule has 0 radical (unpaired) electrons. The van der Waals surface area contributed by atoms with E-state index < -0.39 is 17.6 Å². The van der Waals surface area contributed by atoms with Crippen molar-refractivity contribution in [3.05, 3.63) is 29.6 Å². The lowest BCUT2D eigenvalue weighted by Gasteiger charge is -2.11. The maximum atomic E-state index is 13.0. The Hall–Kier alpha value is -1.30. The van der Waals surface area contributed by atoms with Crippen LogP contribution in [-0.2, 0) is 6.18 Å². The second-order valence-electron chi connectivity index (χ2n) is 4.19. The van der Waals surface area contributed by atoms with E-state index in [1.807, 2.05) is 0 Å². The van der Waals surface area contributed by atoms with Crippen molar-refractivity contribution in [1.82, 2.24) is 0 Å². The van der Waals surface area contributed by atoms with Crippen molar-refractivity contribution in [3.8, 4) is 5.75 Å². The van der Waals surface area contributed by atoms with E-state index in [1.54, 1.807) is 0 Å². The molecule has 0 spiro atoms. The van der Waals surface area contributed by atoms with Crippen molar-refractivity contribution in [3.63, 3.8) is 0 Å². The number of benzene rings is 1. The van der Waals surface area contributed by atoms with Crippen LogP contribution in [0.2, 0.25) is 0 Å². The number of nitrogens with two attached hydrogens (primary N) is 1. The SMILES string of the molecule is NCCCCCCOc1ccc(F)c(C(F)(F)F)c1. The average Bonchev–Trinajstić information content (AvgIpc) is 2.34. The highest BCUT2D eigenvalue weighted by Gasteiger charge is 2.34. The lowest BCUT2D eigenvalue weighted by molar-refractivity contribution is -0.140. The second kappa shape index (κ2) is 7.33. The molecule has 0 saturated carbocycles. The van der Waals surface area contributed by atoms with Crippen LogP contribution >= 0.6 is 0 Å². The number of unbranched alkanes of at least 4 members (excludes halogenated alkanes) is 3. The predicted molar refractivity (Wildman–Crippen MR) is 64.4 cm³/mol. The third-order valence-electron chi connectivity index (χ3n) is 2.61. The fraction of sp³-hybridized carbons (Fsp3) is 0.538. The van der Waals surface area contributed by atoms with Gasteiger partial charge in [-0.25, -0.2) is 4.39 Å². The van der Waals surface area contributed by atoms with Crippen molar-refractivity contribution in [1.29, 1.82) is 0 Å². The Morgan fingerprint density at radius 3 is 2.37 bits per heavy atom. The Morgan fingerprint density at radius 1 is 1.05 bits per heavy atom. The Balaban J connectivity index is 2.47. The lowest BCUT2D eigenvalue weighted by Crippen LogP contribution is -2.09. The normalized spacial score (nSPS) is 11.6. The zero-order chi connectivity index (χ0) is 14.3. The van der Waals surface area contributed by atoms with E-state index in [4.69, 9.17) is 10.5 Å². The van der Waals surface area contributed by atoms with Crippen LogP contribution < -0.4 is 10.5 Å². The maximum absolute atomic E-state index is 13.0. The Bertz CT molecular complexity index is 393. The summed E-state index contributed by atoms with van der Waals surface area (Å²) in [4.78, 5) is 0. The van der Waals surface area contributed by atoms with E-state index in [9.17, 15) is 17.6 Å². The van der Waals surface area contributed by atoms with Gasteiger partial charge in [-0.05, 0) is 37.6 Å². The standard InChI is InChI=1S/C13H17F4NO/c14-12-6-5-10(9-11(12)13(15,16)17)19-8-4-2-1-3-7-18/h5-6,9H,1-4,7-8,18H2. The van der Waals surface area contributed by atoms with Gasteiger partial charge in [-0.15, -0.1) is 0 Å². The van der Waals surface area contributed by atoms with Gasteiger partial charge in [0, 0.05) is 0 Å². The van der Waals surface area contributed by atoms with Crippen molar-refractivity contribution in [2.24, 2.45) is 5.73 Å². The lowest BCUT2D eigenvalue weighted by atomic mass is 10.2. The number of alkyl halides is 3. The van der Waals surface area contributed by atoms with E-state index in [-0.39, 0.29) is 5.75 Å². The molecular formula is C13H17F4NO. The van der Waals surface area contributed by atoms with E-state index in [2.05, 4.69) is 0 Å². The summed E-state index contributed by atoms with van der Waals surface area (Å²) < 4.78 is 55.5. The van der Waals surface area contributed by atoms with Gasteiger partial charge in [0.1, 0.15) is 11.6 Å². The van der Waals surface area contributed by atoms with Crippen LogP contribution in [0.5, 0.6) is 5.75 Å².